The van der Waals surface area contributed by atoms with Crippen LogP contribution in [-0.2, 0) is 0 Å². The molecule has 14 heavy (non-hydrogen) atoms. The van der Waals surface area contributed by atoms with Crippen LogP contribution in [0.3, 0.4) is 0 Å². The summed E-state index contributed by atoms with van der Waals surface area (Å²) in [4.78, 5) is 5.08. The van der Waals surface area contributed by atoms with Crippen LogP contribution in [0.5, 0.6) is 0 Å². The summed E-state index contributed by atoms with van der Waals surface area (Å²) in [5.74, 6) is -0.202. The van der Waals surface area contributed by atoms with Gasteiger partial charge < -0.3 is 0 Å². The molecule has 2 aromatic rings. The monoisotopic (exact) mass is 271 g/mol. The summed E-state index contributed by atoms with van der Waals surface area (Å²) in [5.41, 5.74) is 1.47. The summed E-state index contributed by atoms with van der Waals surface area (Å²) in [5, 5.41) is 0. The lowest BCUT2D eigenvalue weighted by Crippen LogP contribution is -1.82. The maximum atomic E-state index is 13.4. The number of rotatable bonds is 1. The van der Waals surface area contributed by atoms with Gasteiger partial charge in [0.05, 0.1) is 10.6 Å². The van der Waals surface area contributed by atoms with Crippen molar-refractivity contribution in [3.63, 3.8) is 0 Å². The minimum Gasteiger partial charge on any atom is -0.234 e. The van der Waals surface area contributed by atoms with Crippen molar-refractivity contribution in [1.29, 1.82) is 0 Å². The van der Waals surface area contributed by atoms with Gasteiger partial charge in [-0.1, -0.05) is 18.2 Å². The Morgan fingerprint density at radius 2 is 2.07 bits per heavy atom. The summed E-state index contributed by atoms with van der Waals surface area (Å²) in [6.45, 7) is 1.88. The quantitative estimate of drug-likeness (QED) is 0.764. The zero-order valence-electron chi connectivity index (χ0n) is 7.42. The summed E-state index contributed by atoms with van der Waals surface area (Å²) < 4.78 is 14.2. The van der Waals surface area contributed by atoms with Crippen molar-refractivity contribution in [2.45, 2.75) is 6.92 Å². The van der Waals surface area contributed by atoms with Gasteiger partial charge in [0.15, 0.2) is 3.92 Å². The fourth-order valence-electron chi connectivity index (χ4n) is 1.26. The van der Waals surface area contributed by atoms with Crippen LogP contribution in [0.1, 0.15) is 5.69 Å². The van der Waals surface area contributed by atoms with Gasteiger partial charge in [-0.05, 0) is 28.9 Å². The van der Waals surface area contributed by atoms with Crippen molar-refractivity contribution < 1.29 is 4.39 Å². The Morgan fingerprint density at radius 1 is 1.36 bits per heavy atom. The molecule has 72 valence electrons. The topological polar surface area (TPSA) is 12.9 Å². The fraction of sp³-hybridized carbons (Fsp3) is 0.100. The molecule has 4 heteroatoms. The third-order valence-corrected chi connectivity index (χ3v) is 3.53. The van der Waals surface area contributed by atoms with Crippen LogP contribution in [0.2, 0.25) is 0 Å². The summed E-state index contributed by atoms with van der Waals surface area (Å²) in [7, 11) is 0. The van der Waals surface area contributed by atoms with Gasteiger partial charge in [-0.3, -0.25) is 0 Å². The van der Waals surface area contributed by atoms with E-state index in [1.54, 1.807) is 12.1 Å². The van der Waals surface area contributed by atoms with Gasteiger partial charge in [0, 0.05) is 5.56 Å². The zero-order valence-corrected chi connectivity index (χ0v) is 9.82. The first-order valence-corrected chi connectivity index (χ1v) is 5.67. The van der Waals surface area contributed by atoms with Crippen LogP contribution >= 0.6 is 27.3 Å². The van der Waals surface area contributed by atoms with Crippen molar-refractivity contribution >= 4 is 27.3 Å². The van der Waals surface area contributed by atoms with Crippen LogP contribution in [0.25, 0.3) is 10.4 Å². The summed E-state index contributed by atoms with van der Waals surface area (Å²) in [6, 6.07) is 6.74. The van der Waals surface area contributed by atoms with Gasteiger partial charge in [-0.25, -0.2) is 9.37 Å². The molecule has 1 aromatic carbocycles. The highest BCUT2D eigenvalue weighted by Crippen LogP contribution is 2.33. The zero-order chi connectivity index (χ0) is 10.1. The van der Waals surface area contributed by atoms with Crippen LogP contribution in [-0.4, -0.2) is 4.98 Å². The molecule has 0 fully saturated rings. The molecular formula is C10H7BrFNS. The van der Waals surface area contributed by atoms with E-state index in [-0.39, 0.29) is 5.82 Å². The molecule has 0 radical (unpaired) electrons. The molecule has 1 aromatic heterocycles. The molecule has 1 nitrogen and oxygen atoms in total. The number of nitrogens with zero attached hydrogens (tertiary/aromatic N) is 1. The van der Waals surface area contributed by atoms with Gasteiger partial charge in [0.2, 0.25) is 0 Å². The highest BCUT2D eigenvalue weighted by molar-refractivity contribution is 9.11. The van der Waals surface area contributed by atoms with Crippen molar-refractivity contribution in [2.24, 2.45) is 0 Å². The number of aryl methyl sites for hydroxylation is 1. The maximum absolute atomic E-state index is 13.4. The second-order valence-electron chi connectivity index (χ2n) is 2.86. The predicted molar refractivity (Wildman–Crippen MR) is 59.9 cm³/mol. The third kappa shape index (κ3) is 1.72. The second kappa shape index (κ2) is 3.79. The first kappa shape index (κ1) is 9.80. The largest absolute Gasteiger partial charge is 0.234 e. The minimum absolute atomic E-state index is 0.202. The molecule has 0 bridgehead atoms. The number of halogens is 2. The number of hydrogen-bond acceptors (Lipinski definition) is 2. The van der Waals surface area contributed by atoms with Crippen LogP contribution in [0.15, 0.2) is 28.2 Å². The van der Waals surface area contributed by atoms with Crippen molar-refractivity contribution in [3.05, 3.63) is 39.7 Å². The first-order valence-electron chi connectivity index (χ1n) is 4.06. The molecule has 0 aliphatic carbocycles. The van der Waals surface area contributed by atoms with Gasteiger partial charge >= 0.3 is 0 Å². The molecule has 0 spiro atoms. The van der Waals surface area contributed by atoms with E-state index in [1.807, 2.05) is 13.0 Å². The van der Waals surface area contributed by atoms with Crippen LogP contribution < -0.4 is 0 Å². The van der Waals surface area contributed by atoms with E-state index in [9.17, 15) is 4.39 Å². The SMILES string of the molecule is Cc1nc(Br)sc1-c1ccccc1F. The normalized spacial score (nSPS) is 10.5. The van der Waals surface area contributed by atoms with Crippen LogP contribution in [0.4, 0.5) is 4.39 Å². The Balaban J connectivity index is 2.60. The second-order valence-corrected chi connectivity index (χ2v) is 5.14. The molecule has 2 rings (SSSR count). The van der Waals surface area contributed by atoms with Crippen molar-refractivity contribution in [1.82, 2.24) is 4.98 Å². The van der Waals surface area contributed by atoms with Crippen molar-refractivity contribution in [2.75, 3.05) is 0 Å². The molecule has 0 N–H and O–H groups in total. The van der Waals surface area contributed by atoms with E-state index < -0.39 is 0 Å². The summed E-state index contributed by atoms with van der Waals surface area (Å²) in [6.07, 6.45) is 0. The van der Waals surface area contributed by atoms with E-state index in [0.717, 1.165) is 14.5 Å². The van der Waals surface area contributed by atoms with Gasteiger partial charge in [0.25, 0.3) is 0 Å². The van der Waals surface area contributed by atoms with E-state index in [0.29, 0.717) is 5.56 Å². The van der Waals surface area contributed by atoms with E-state index in [1.165, 1.54) is 17.4 Å². The first-order chi connectivity index (χ1) is 6.68. The lowest BCUT2D eigenvalue weighted by molar-refractivity contribution is 0.631. The Labute approximate surface area is 93.7 Å². The van der Waals surface area contributed by atoms with Gasteiger partial charge in [0.1, 0.15) is 5.82 Å². The highest BCUT2D eigenvalue weighted by atomic mass is 79.9. The predicted octanol–water partition coefficient (Wildman–Crippen LogP) is 4.02. The molecular weight excluding hydrogens is 265 g/mol. The van der Waals surface area contributed by atoms with E-state index in [2.05, 4.69) is 20.9 Å². The number of hydrogen-bond donors (Lipinski definition) is 0. The number of benzene rings is 1. The summed E-state index contributed by atoms with van der Waals surface area (Å²) >= 11 is 4.74. The average molecular weight is 272 g/mol. The molecule has 1 heterocycles. The van der Waals surface area contributed by atoms with Gasteiger partial charge in [-0.2, -0.15) is 0 Å². The van der Waals surface area contributed by atoms with E-state index in [4.69, 9.17) is 0 Å². The minimum atomic E-state index is -0.202. The average Bonchev–Trinajstić information content (AvgIpc) is 2.46. The molecule has 0 aliphatic heterocycles. The highest BCUT2D eigenvalue weighted by Gasteiger charge is 2.11. The van der Waals surface area contributed by atoms with Crippen LogP contribution in [0, 0.1) is 12.7 Å². The lowest BCUT2D eigenvalue weighted by atomic mass is 10.1. The Bertz CT molecular complexity index is 467. The standard InChI is InChI=1S/C10H7BrFNS/c1-6-9(14-10(11)13-6)7-4-2-3-5-8(7)12/h2-5H,1H3. The molecule has 0 atom stereocenters. The Hall–Kier alpha value is -0.740. The number of thiazole rings is 1. The molecule has 0 saturated carbocycles. The van der Waals surface area contributed by atoms with Crippen molar-refractivity contribution in [3.8, 4) is 10.4 Å². The van der Waals surface area contributed by atoms with Gasteiger partial charge in [-0.15, -0.1) is 11.3 Å². The Kier molecular flexibility index (Phi) is 2.65. The maximum Gasteiger partial charge on any atom is 0.159 e. The lowest BCUT2D eigenvalue weighted by Gasteiger charge is -1.99. The fourth-order valence-corrected chi connectivity index (χ4v) is 2.83. The molecule has 0 saturated heterocycles. The van der Waals surface area contributed by atoms with E-state index >= 15 is 0 Å². The third-order valence-electron chi connectivity index (χ3n) is 1.89. The smallest absolute Gasteiger partial charge is 0.159 e. The Morgan fingerprint density at radius 3 is 2.64 bits per heavy atom. The molecule has 0 amide bonds. The molecule has 0 aliphatic rings. The molecule has 0 unspecified atom stereocenters. The number of aromatic nitrogens is 1.